The van der Waals surface area contributed by atoms with Gasteiger partial charge in [-0.3, -0.25) is 4.79 Å². The largest absolute Gasteiger partial charge is 0.338 e. The first kappa shape index (κ1) is 14.0. The van der Waals surface area contributed by atoms with Crippen LogP contribution < -0.4 is 5.73 Å². The van der Waals surface area contributed by atoms with Crippen LogP contribution in [0.5, 0.6) is 0 Å². The summed E-state index contributed by atoms with van der Waals surface area (Å²) in [4.78, 5) is 14.1. The van der Waals surface area contributed by atoms with E-state index in [2.05, 4.69) is 6.92 Å². The summed E-state index contributed by atoms with van der Waals surface area (Å²) in [6.45, 7) is 5.72. The molecule has 0 aromatic heterocycles. The average molecular weight is 264 g/mol. The summed E-state index contributed by atoms with van der Waals surface area (Å²) in [5.41, 5.74) is 6.41. The molecular weight excluding hydrogens is 243 g/mol. The summed E-state index contributed by atoms with van der Waals surface area (Å²) in [5, 5.41) is 0. The molecule has 2 unspecified atom stereocenters. The van der Waals surface area contributed by atoms with Gasteiger partial charge in [0.1, 0.15) is 5.82 Å². The molecule has 1 aromatic carbocycles. The quantitative estimate of drug-likeness (QED) is 0.890. The number of carbonyl (C=O) groups is 1. The fourth-order valence-corrected chi connectivity index (χ4v) is 2.62. The van der Waals surface area contributed by atoms with E-state index < -0.39 is 5.82 Å². The van der Waals surface area contributed by atoms with Crippen molar-refractivity contribution in [2.24, 2.45) is 17.6 Å². The van der Waals surface area contributed by atoms with Gasteiger partial charge in [0.2, 0.25) is 0 Å². The van der Waals surface area contributed by atoms with Crippen LogP contribution in [-0.4, -0.2) is 30.4 Å². The predicted molar refractivity (Wildman–Crippen MR) is 73.4 cm³/mol. The lowest BCUT2D eigenvalue weighted by atomic mass is 9.87. The Labute approximate surface area is 113 Å². The number of nitrogens with two attached hydrogens (primary N) is 1. The second-order valence-corrected chi connectivity index (χ2v) is 5.45. The van der Waals surface area contributed by atoms with Crippen LogP contribution in [0.15, 0.2) is 18.2 Å². The normalized spacial score (nSPS) is 23.5. The van der Waals surface area contributed by atoms with Crippen LogP contribution in [0.25, 0.3) is 0 Å². The molecule has 19 heavy (non-hydrogen) atoms. The van der Waals surface area contributed by atoms with Crippen molar-refractivity contribution in [3.63, 3.8) is 0 Å². The number of rotatable bonds is 2. The maximum Gasteiger partial charge on any atom is 0.256 e. The molecule has 1 aliphatic rings. The molecule has 1 aromatic rings. The van der Waals surface area contributed by atoms with E-state index in [4.69, 9.17) is 5.73 Å². The van der Waals surface area contributed by atoms with Gasteiger partial charge in [-0.05, 0) is 43.4 Å². The van der Waals surface area contributed by atoms with Crippen molar-refractivity contribution >= 4 is 5.91 Å². The van der Waals surface area contributed by atoms with Crippen LogP contribution in [0.3, 0.4) is 0 Å². The van der Waals surface area contributed by atoms with Gasteiger partial charge in [-0.25, -0.2) is 4.39 Å². The van der Waals surface area contributed by atoms with Gasteiger partial charge >= 0.3 is 0 Å². The number of hydrogen-bond acceptors (Lipinski definition) is 2. The molecule has 1 saturated heterocycles. The van der Waals surface area contributed by atoms with Gasteiger partial charge in [0.25, 0.3) is 5.91 Å². The molecule has 0 radical (unpaired) electrons. The minimum atomic E-state index is -0.407. The van der Waals surface area contributed by atoms with Crippen LogP contribution >= 0.6 is 0 Å². The fourth-order valence-electron chi connectivity index (χ4n) is 2.62. The minimum Gasteiger partial charge on any atom is -0.338 e. The molecule has 104 valence electrons. The zero-order chi connectivity index (χ0) is 14.0. The molecule has 0 spiro atoms. The highest BCUT2D eigenvalue weighted by molar-refractivity contribution is 5.94. The molecule has 3 nitrogen and oxygen atoms in total. The van der Waals surface area contributed by atoms with E-state index in [0.717, 1.165) is 6.42 Å². The van der Waals surface area contributed by atoms with Crippen molar-refractivity contribution in [2.75, 3.05) is 19.6 Å². The molecular formula is C15H21FN2O. The zero-order valence-corrected chi connectivity index (χ0v) is 11.5. The fraction of sp³-hybridized carbons (Fsp3) is 0.533. The van der Waals surface area contributed by atoms with E-state index in [1.54, 1.807) is 30.0 Å². The molecule has 0 saturated carbocycles. The second-order valence-electron chi connectivity index (χ2n) is 5.45. The SMILES string of the molecule is Cc1cccc(C(=O)N2CCC(C)C(CN)C2)c1F. The van der Waals surface area contributed by atoms with Crippen LogP contribution in [0.4, 0.5) is 4.39 Å². The highest BCUT2D eigenvalue weighted by atomic mass is 19.1. The highest BCUT2D eigenvalue weighted by Gasteiger charge is 2.29. The van der Waals surface area contributed by atoms with Crippen LogP contribution in [0, 0.1) is 24.6 Å². The summed E-state index contributed by atoms with van der Waals surface area (Å²) < 4.78 is 14.0. The lowest BCUT2D eigenvalue weighted by Gasteiger charge is -2.36. The van der Waals surface area contributed by atoms with Gasteiger partial charge in [0, 0.05) is 13.1 Å². The molecule has 0 aliphatic carbocycles. The second kappa shape index (κ2) is 5.70. The average Bonchev–Trinajstić information content (AvgIpc) is 2.41. The Morgan fingerprint density at radius 2 is 2.26 bits per heavy atom. The molecule has 1 fully saturated rings. The van der Waals surface area contributed by atoms with Crippen molar-refractivity contribution in [2.45, 2.75) is 20.3 Å². The number of amides is 1. The van der Waals surface area contributed by atoms with E-state index in [0.29, 0.717) is 37.0 Å². The lowest BCUT2D eigenvalue weighted by Crippen LogP contribution is -2.45. The van der Waals surface area contributed by atoms with Gasteiger partial charge in [-0.2, -0.15) is 0 Å². The number of piperidine rings is 1. The first-order chi connectivity index (χ1) is 9.04. The molecule has 1 aliphatic heterocycles. The van der Waals surface area contributed by atoms with E-state index >= 15 is 0 Å². The Balaban J connectivity index is 2.18. The molecule has 1 heterocycles. The summed E-state index contributed by atoms with van der Waals surface area (Å²) in [6.07, 6.45) is 0.932. The summed E-state index contributed by atoms with van der Waals surface area (Å²) in [7, 11) is 0. The Morgan fingerprint density at radius 1 is 1.53 bits per heavy atom. The third-order valence-corrected chi connectivity index (χ3v) is 4.13. The van der Waals surface area contributed by atoms with E-state index in [1.165, 1.54) is 0 Å². The number of likely N-dealkylation sites (tertiary alicyclic amines) is 1. The number of benzene rings is 1. The highest BCUT2D eigenvalue weighted by Crippen LogP contribution is 2.24. The summed E-state index contributed by atoms with van der Waals surface area (Å²) in [6, 6.07) is 4.95. The van der Waals surface area contributed by atoms with Crippen molar-refractivity contribution in [3.8, 4) is 0 Å². The third kappa shape index (κ3) is 2.78. The van der Waals surface area contributed by atoms with E-state index in [9.17, 15) is 9.18 Å². The van der Waals surface area contributed by atoms with Crippen LogP contribution in [0.1, 0.15) is 29.3 Å². The van der Waals surface area contributed by atoms with Gasteiger partial charge < -0.3 is 10.6 Å². The number of aryl methyl sites for hydroxylation is 1. The maximum absolute atomic E-state index is 14.0. The molecule has 2 atom stereocenters. The van der Waals surface area contributed by atoms with Gasteiger partial charge in [0.15, 0.2) is 0 Å². The minimum absolute atomic E-state index is 0.172. The Morgan fingerprint density at radius 3 is 2.95 bits per heavy atom. The van der Waals surface area contributed by atoms with Crippen molar-refractivity contribution in [3.05, 3.63) is 35.1 Å². The number of hydrogen-bond donors (Lipinski definition) is 1. The monoisotopic (exact) mass is 264 g/mol. The molecule has 2 rings (SSSR count). The van der Waals surface area contributed by atoms with Crippen molar-refractivity contribution in [1.82, 2.24) is 4.90 Å². The third-order valence-electron chi connectivity index (χ3n) is 4.13. The molecule has 2 N–H and O–H groups in total. The Bertz CT molecular complexity index is 475. The first-order valence-electron chi connectivity index (χ1n) is 6.79. The first-order valence-corrected chi connectivity index (χ1v) is 6.79. The van der Waals surface area contributed by atoms with E-state index in [1.807, 2.05) is 0 Å². The van der Waals surface area contributed by atoms with Gasteiger partial charge in [-0.15, -0.1) is 0 Å². The predicted octanol–water partition coefficient (Wildman–Crippen LogP) is 2.19. The molecule has 4 heteroatoms. The van der Waals surface area contributed by atoms with E-state index in [-0.39, 0.29) is 11.5 Å². The number of halogens is 1. The van der Waals surface area contributed by atoms with Crippen LogP contribution in [-0.2, 0) is 0 Å². The summed E-state index contributed by atoms with van der Waals surface area (Å²) in [5.74, 6) is 0.212. The van der Waals surface area contributed by atoms with Crippen LogP contribution in [0.2, 0.25) is 0 Å². The Kier molecular flexibility index (Phi) is 4.20. The summed E-state index contributed by atoms with van der Waals surface area (Å²) >= 11 is 0. The molecule has 0 bridgehead atoms. The standard InChI is InChI=1S/C15H21FN2O/c1-10-6-7-18(9-12(10)8-17)15(19)13-5-3-4-11(2)14(13)16/h3-5,10,12H,6-9,17H2,1-2H3. The number of carbonyl (C=O) groups excluding carboxylic acids is 1. The van der Waals surface area contributed by atoms with Gasteiger partial charge in [-0.1, -0.05) is 19.1 Å². The van der Waals surface area contributed by atoms with Crippen molar-refractivity contribution < 1.29 is 9.18 Å². The smallest absolute Gasteiger partial charge is 0.256 e. The van der Waals surface area contributed by atoms with Crippen molar-refractivity contribution in [1.29, 1.82) is 0 Å². The zero-order valence-electron chi connectivity index (χ0n) is 11.5. The number of nitrogens with zero attached hydrogens (tertiary/aromatic N) is 1. The lowest BCUT2D eigenvalue weighted by molar-refractivity contribution is 0.0613. The Hall–Kier alpha value is -1.42. The topological polar surface area (TPSA) is 46.3 Å². The maximum atomic E-state index is 14.0. The van der Waals surface area contributed by atoms with Gasteiger partial charge in [0.05, 0.1) is 5.56 Å². The molecule has 1 amide bonds.